The Morgan fingerprint density at radius 3 is 2.55 bits per heavy atom. The molecule has 1 aromatic carbocycles. The van der Waals surface area contributed by atoms with Gasteiger partial charge >= 0.3 is 0 Å². The predicted octanol–water partition coefficient (Wildman–Crippen LogP) is 1.83. The first-order chi connectivity index (χ1) is 10.0. The van der Waals surface area contributed by atoms with Crippen molar-refractivity contribution in [1.29, 1.82) is 0 Å². The number of rotatable bonds is 5. The van der Waals surface area contributed by atoms with E-state index in [0.717, 1.165) is 6.07 Å². The van der Waals surface area contributed by atoms with Crippen LogP contribution in [0.3, 0.4) is 0 Å². The van der Waals surface area contributed by atoms with Crippen molar-refractivity contribution in [3.8, 4) is 5.75 Å². The summed E-state index contributed by atoms with van der Waals surface area (Å²) in [5.41, 5.74) is -0.207. The van der Waals surface area contributed by atoms with Gasteiger partial charge in [0, 0.05) is 26.2 Å². The molecule has 0 aromatic heterocycles. The van der Waals surface area contributed by atoms with Crippen LogP contribution in [0.25, 0.3) is 0 Å². The number of nitrogens with one attached hydrogen (secondary N) is 1. The molecule has 0 bridgehead atoms. The number of piperazine rings is 1. The van der Waals surface area contributed by atoms with E-state index in [1.807, 2.05) is 0 Å². The standard InChI is InChI=1S/C14H19F3N2O2.ClH/c1-21-11-4-2-3-10(15)12(11)13(14(16,17)9-20)19-7-5-18-6-8-19;/h2-4,13,18,20H,5-9H2,1H3;1H/t13-;/m1./s1. The second-order valence-electron chi connectivity index (χ2n) is 4.96. The summed E-state index contributed by atoms with van der Waals surface area (Å²) in [5, 5.41) is 12.1. The smallest absolute Gasteiger partial charge is 0.290 e. The van der Waals surface area contributed by atoms with Crippen molar-refractivity contribution >= 4 is 12.4 Å². The van der Waals surface area contributed by atoms with Crippen molar-refractivity contribution in [2.75, 3.05) is 39.9 Å². The first kappa shape index (κ1) is 19.0. The molecule has 0 radical (unpaired) electrons. The van der Waals surface area contributed by atoms with E-state index in [1.165, 1.54) is 24.1 Å². The lowest BCUT2D eigenvalue weighted by Gasteiger charge is -2.39. The molecule has 4 nitrogen and oxygen atoms in total. The molecule has 0 aliphatic carbocycles. The van der Waals surface area contributed by atoms with Gasteiger partial charge in [-0.05, 0) is 12.1 Å². The van der Waals surface area contributed by atoms with E-state index >= 15 is 0 Å². The Balaban J connectivity index is 0.00000242. The van der Waals surface area contributed by atoms with Gasteiger partial charge in [-0.15, -0.1) is 12.4 Å². The van der Waals surface area contributed by atoms with Crippen LogP contribution < -0.4 is 10.1 Å². The Morgan fingerprint density at radius 2 is 2.00 bits per heavy atom. The van der Waals surface area contributed by atoms with E-state index in [2.05, 4.69) is 5.32 Å². The lowest BCUT2D eigenvalue weighted by Crippen LogP contribution is -2.51. The topological polar surface area (TPSA) is 44.7 Å². The van der Waals surface area contributed by atoms with Crippen molar-refractivity contribution < 1.29 is 23.0 Å². The second kappa shape index (κ2) is 8.01. The van der Waals surface area contributed by atoms with Gasteiger partial charge in [0.2, 0.25) is 0 Å². The number of alkyl halides is 2. The highest BCUT2D eigenvalue weighted by Crippen LogP contribution is 2.41. The fraction of sp³-hybridized carbons (Fsp3) is 0.571. The third-order valence-corrected chi connectivity index (χ3v) is 3.63. The molecule has 1 saturated heterocycles. The average molecular weight is 341 g/mol. The summed E-state index contributed by atoms with van der Waals surface area (Å²) in [7, 11) is 1.31. The summed E-state index contributed by atoms with van der Waals surface area (Å²) in [6.07, 6.45) is 0. The Kier molecular flexibility index (Phi) is 6.93. The quantitative estimate of drug-likeness (QED) is 0.858. The summed E-state index contributed by atoms with van der Waals surface area (Å²) < 4.78 is 47.7. The van der Waals surface area contributed by atoms with Gasteiger partial charge < -0.3 is 15.2 Å². The number of halogens is 4. The first-order valence-corrected chi connectivity index (χ1v) is 6.77. The molecule has 2 N–H and O–H groups in total. The van der Waals surface area contributed by atoms with Gasteiger partial charge in [-0.3, -0.25) is 4.90 Å². The Bertz CT molecular complexity index is 485. The lowest BCUT2D eigenvalue weighted by atomic mass is 9.96. The lowest BCUT2D eigenvalue weighted by molar-refractivity contribution is -0.120. The Hall–Kier alpha value is -1.02. The second-order valence-corrected chi connectivity index (χ2v) is 4.96. The minimum absolute atomic E-state index is 0. The number of nitrogens with zero attached hydrogens (tertiary/aromatic N) is 1. The van der Waals surface area contributed by atoms with Crippen LogP contribution in [-0.2, 0) is 0 Å². The summed E-state index contributed by atoms with van der Waals surface area (Å²) in [5.74, 6) is -4.16. The number of benzene rings is 1. The monoisotopic (exact) mass is 340 g/mol. The van der Waals surface area contributed by atoms with Crippen LogP contribution in [0.4, 0.5) is 13.2 Å². The highest BCUT2D eigenvalue weighted by Gasteiger charge is 2.46. The highest BCUT2D eigenvalue weighted by atomic mass is 35.5. The molecule has 0 saturated carbocycles. The third-order valence-electron chi connectivity index (χ3n) is 3.63. The average Bonchev–Trinajstić information content (AvgIpc) is 2.50. The number of aliphatic hydroxyl groups is 1. The van der Waals surface area contributed by atoms with E-state index in [9.17, 15) is 13.2 Å². The predicted molar refractivity (Wildman–Crippen MR) is 79.4 cm³/mol. The zero-order valence-corrected chi connectivity index (χ0v) is 13.0. The van der Waals surface area contributed by atoms with E-state index < -0.39 is 24.4 Å². The van der Waals surface area contributed by atoms with Gasteiger partial charge in [0.05, 0.1) is 12.7 Å². The minimum Gasteiger partial charge on any atom is -0.496 e. The number of hydrogen-bond donors (Lipinski definition) is 2. The maximum absolute atomic E-state index is 14.2. The molecule has 1 aliphatic heterocycles. The van der Waals surface area contributed by atoms with Gasteiger partial charge in [-0.2, -0.15) is 0 Å². The summed E-state index contributed by atoms with van der Waals surface area (Å²) in [6.45, 7) is 0.415. The molecule has 1 fully saturated rings. The molecular formula is C14H20ClF3N2O2. The summed E-state index contributed by atoms with van der Waals surface area (Å²) in [6, 6.07) is 2.42. The van der Waals surface area contributed by atoms with Crippen LogP contribution in [0.1, 0.15) is 11.6 Å². The molecule has 0 amide bonds. The van der Waals surface area contributed by atoms with Crippen LogP contribution in [0, 0.1) is 5.82 Å². The number of hydrogen-bond acceptors (Lipinski definition) is 4. The molecule has 22 heavy (non-hydrogen) atoms. The van der Waals surface area contributed by atoms with Gasteiger partial charge in [-0.25, -0.2) is 13.2 Å². The van der Waals surface area contributed by atoms with Crippen LogP contribution in [0.5, 0.6) is 5.75 Å². The van der Waals surface area contributed by atoms with E-state index in [4.69, 9.17) is 9.84 Å². The zero-order valence-electron chi connectivity index (χ0n) is 12.2. The Morgan fingerprint density at radius 1 is 1.36 bits per heavy atom. The first-order valence-electron chi connectivity index (χ1n) is 6.77. The maximum atomic E-state index is 14.2. The fourth-order valence-electron chi connectivity index (χ4n) is 2.65. The van der Waals surface area contributed by atoms with E-state index in [0.29, 0.717) is 26.2 Å². The van der Waals surface area contributed by atoms with Crippen LogP contribution in [-0.4, -0.2) is 55.8 Å². The van der Waals surface area contributed by atoms with Gasteiger partial charge in [0.15, 0.2) is 0 Å². The normalized spacial score (nSPS) is 17.7. The summed E-state index contributed by atoms with van der Waals surface area (Å²) in [4.78, 5) is 1.48. The molecule has 1 heterocycles. The Labute approximate surface area is 133 Å². The molecule has 0 spiro atoms. The molecule has 1 atom stereocenters. The zero-order chi connectivity index (χ0) is 15.5. The molecular weight excluding hydrogens is 321 g/mol. The molecule has 126 valence electrons. The van der Waals surface area contributed by atoms with Crippen molar-refractivity contribution in [3.05, 3.63) is 29.6 Å². The molecule has 1 aliphatic rings. The fourth-order valence-corrected chi connectivity index (χ4v) is 2.65. The maximum Gasteiger partial charge on any atom is 0.290 e. The number of methoxy groups -OCH3 is 1. The van der Waals surface area contributed by atoms with Crippen LogP contribution >= 0.6 is 12.4 Å². The highest BCUT2D eigenvalue weighted by molar-refractivity contribution is 5.85. The van der Waals surface area contributed by atoms with E-state index in [1.54, 1.807) is 0 Å². The van der Waals surface area contributed by atoms with Crippen molar-refractivity contribution in [3.63, 3.8) is 0 Å². The summed E-state index contributed by atoms with van der Waals surface area (Å²) >= 11 is 0. The number of ether oxygens (including phenoxy) is 1. The van der Waals surface area contributed by atoms with Crippen LogP contribution in [0.15, 0.2) is 18.2 Å². The van der Waals surface area contributed by atoms with Crippen LogP contribution in [0.2, 0.25) is 0 Å². The number of aliphatic hydroxyl groups excluding tert-OH is 1. The van der Waals surface area contributed by atoms with Crippen molar-refractivity contribution in [2.45, 2.75) is 12.0 Å². The van der Waals surface area contributed by atoms with Gasteiger partial charge in [-0.1, -0.05) is 6.07 Å². The molecule has 1 aromatic rings. The van der Waals surface area contributed by atoms with Gasteiger partial charge in [0.1, 0.15) is 24.2 Å². The van der Waals surface area contributed by atoms with Crippen molar-refractivity contribution in [2.24, 2.45) is 0 Å². The molecule has 0 unspecified atom stereocenters. The van der Waals surface area contributed by atoms with E-state index in [-0.39, 0.29) is 23.7 Å². The largest absolute Gasteiger partial charge is 0.496 e. The van der Waals surface area contributed by atoms with Gasteiger partial charge in [0.25, 0.3) is 5.92 Å². The molecule has 2 rings (SSSR count). The minimum atomic E-state index is -3.47. The van der Waals surface area contributed by atoms with Crippen molar-refractivity contribution in [1.82, 2.24) is 10.2 Å². The molecule has 8 heteroatoms. The SMILES string of the molecule is COc1cccc(F)c1[C@@H](N1CCNCC1)C(F)(F)CO.Cl. The third kappa shape index (κ3) is 3.84.